The van der Waals surface area contributed by atoms with Crippen LogP contribution in [0.25, 0.3) is 6.08 Å². The minimum absolute atomic E-state index is 0.332. The topological polar surface area (TPSA) is 61.8 Å². The van der Waals surface area contributed by atoms with Crippen molar-refractivity contribution in [1.29, 1.82) is 0 Å². The number of hydrogen-bond acceptors (Lipinski definition) is 5. The normalized spacial score (nSPS) is 10.7. The molecule has 0 N–H and O–H groups in total. The molecule has 5 nitrogen and oxygen atoms in total. The Kier molecular flexibility index (Phi) is 9.49. The third-order valence-electron chi connectivity index (χ3n) is 4.14. The summed E-state index contributed by atoms with van der Waals surface area (Å²) in [5.41, 5.74) is 1.25. The van der Waals surface area contributed by atoms with Crippen molar-refractivity contribution in [1.82, 2.24) is 0 Å². The van der Waals surface area contributed by atoms with E-state index in [0.717, 1.165) is 17.7 Å². The molecule has 0 saturated carbocycles. The van der Waals surface area contributed by atoms with Gasteiger partial charge < -0.3 is 14.2 Å². The molecule has 0 amide bonds. The zero-order valence-corrected chi connectivity index (χ0v) is 17.1. The lowest BCUT2D eigenvalue weighted by atomic mass is 10.1. The van der Waals surface area contributed by atoms with Gasteiger partial charge in [0.25, 0.3) is 0 Å². The van der Waals surface area contributed by atoms with E-state index in [1.165, 1.54) is 25.3 Å². The van der Waals surface area contributed by atoms with Gasteiger partial charge in [-0.05, 0) is 61.4 Å². The van der Waals surface area contributed by atoms with E-state index in [4.69, 9.17) is 14.2 Å². The number of rotatable bonds is 11. The largest absolute Gasteiger partial charge is 0.494 e. The third kappa shape index (κ3) is 8.21. The van der Waals surface area contributed by atoms with Crippen LogP contribution < -0.4 is 9.47 Å². The molecule has 0 aromatic heterocycles. The average Bonchev–Trinajstić information content (AvgIpc) is 2.74. The van der Waals surface area contributed by atoms with E-state index < -0.39 is 5.97 Å². The van der Waals surface area contributed by atoms with Gasteiger partial charge in [-0.2, -0.15) is 0 Å². The molecule has 2 aromatic rings. The maximum atomic E-state index is 12.0. The van der Waals surface area contributed by atoms with E-state index >= 15 is 0 Å². The summed E-state index contributed by atoms with van der Waals surface area (Å²) >= 11 is 0. The molecule has 0 aliphatic rings. The highest BCUT2D eigenvalue weighted by molar-refractivity contribution is 5.91. The van der Waals surface area contributed by atoms with Crippen LogP contribution in [0.15, 0.2) is 54.6 Å². The first-order valence-electron chi connectivity index (χ1n) is 10.0. The van der Waals surface area contributed by atoms with Crippen LogP contribution in [0.4, 0.5) is 0 Å². The van der Waals surface area contributed by atoms with E-state index in [0.29, 0.717) is 24.5 Å². The molecule has 0 heterocycles. The van der Waals surface area contributed by atoms with Crippen molar-refractivity contribution < 1.29 is 23.8 Å². The lowest BCUT2D eigenvalue weighted by molar-refractivity contribution is -0.128. The van der Waals surface area contributed by atoms with Crippen LogP contribution in [0.5, 0.6) is 11.5 Å². The van der Waals surface area contributed by atoms with Crippen molar-refractivity contribution in [2.45, 2.75) is 39.5 Å². The van der Waals surface area contributed by atoms with Gasteiger partial charge in [-0.3, -0.25) is 0 Å². The second-order valence-electron chi connectivity index (χ2n) is 6.48. The van der Waals surface area contributed by atoms with Gasteiger partial charge in [-0.1, -0.05) is 38.3 Å². The van der Waals surface area contributed by atoms with Gasteiger partial charge in [0.1, 0.15) is 11.5 Å². The molecule has 0 spiro atoms. The fourth-order valence-electron chi connectivity index (χ4n) is 2.58. The van der Waals surface area contributed by atoms with Crippen LogP contribution >= 0.6 is 0 Å². The van der Waals surface area contributed by atoms with Gasteiger partial charge in [0.05, 0.1) is 18.8 Å². The second kappa shape index (κ2) is 12.4. The molecule has 0 unspecified atom stereocenters. The van der Waals surface area contributed by atoms with E-state index in [1.807, 2.05) is 0 Å². The molecule has 0 aliphatic heterocycles. The van der Waals surface area contributed by atoms with Crippen molar-refractivity contribution in [2.75, 3.05) is 13.2 Å². The van der Waals surface area contributed by atoms with Gasteiger partial charge in [-0.15, -0.1) is 0 Å². The van der Waals surface area contributed by atoms with Gasteiger partial charge in [0.15, 0.2) is 0 Å². The zero-order chi connectivity index (χ0) is 20.9. The summed E-state index contributed by atoms with van der Waals surface area (Å²) in [4.78, 5) is 23.6. The second-order valence-corrected chi connectivity index (χ2v) is 6.48. The maximum Gasteiger partial charge on any atom is 0.338 e. The molecular weight excluding hydrogens is 368 g/mol. The Balaban J connectivity index is 1.80. The van der Waals surface area contributed by atoms with Crippen LogP contribution in [-0.2, 0) is 9.53 Å². The van der Waals surface area contributed by atoms with Gasteiger partial charge in [0, 0.05) is 6.08 Å². The highest BCUT2D eigenvalue weighted by Gasteiger charge is 2.05. The van der Waals surface area contributed by atoms with Crippen LogP contribution in [-0.4, -0.2) is 25.2 Å². The molecule has 0 bridgehead atoms. The minimum Gasteiger partial charge on any atom is -0.494 e. The third-order valence-corrected chi connectivity index (χ3v) is 4.14. The number of ether oxygens (including phenoxy) is 3. The summed E-state index contributed by atoms with van der Waals surface area (Å²) in [6, 6.07) is 13.8. The Morgan fingerprint density at radius 1 is 0.862 bits per heavy atom. The summed E-state index contributed by atoms with van der Waals surface area (Å²) < 4.78 is 15.9. The molecule has 0 radical (unpaired) electrons. The monoisotopic (exact) mass is 396 g/mol. The number of carbonyl (C=O) groups excluding carboxylic acids is 2. The minimum atomic E-state index is -0.479. The first-order chi connectivity index (χ1) is 14.1. The number of hydrogen-bond donors (Lipinski definition) is 0. The van der Waals surface area contributed by atoms with E-state index in [2.05, 4.69) is 6.92 Å². The molecule has 0 fully saturated rings. The average molecular weight is 396 g/mol. The smallest absolute Gasteiger partial charge is 0.338 e. The van der Waals surface area contributed by atoms with Crippen molar-refractivity contribution in [3.05, 3.63) is 65.7 Å². The first kappa shape index (κ1) is 22.2. The highest BCUT2D eigenvalue weighted by atomic mass is 16.5. The van der Waals surface area contributed by atoms with Crippen molar-refractivity contribution in [3.8, 4) is 11.5 Å². The summed E-state index contributed by atoms with van der Waals surface area (Å²) in [5.74, 6) is 0.373. The quantitative estimate of drug-likeness (QED) is 0.219. The molecule has 2 aromatic carbocycles. The number of esters is 2. The van der Waals surface area contributed by atoms with E-state index in [9.17, 15) is 9.59 Å². The molecule has 0 aliphatic carbocycles. The molecular formula is C24H28O5. The fourth-order valence-corrected chi connectivity index (χ4v) is 2.58. The highest BCUT2D eigenvalue weighted by Crippen LogP contribution is 2.18. The summed E-state index contributed by atoms with van der Waals surface area (Å²) in [7, 11) is 0. The van der Waals surface area contributed by atoms with Crippen LogP contribution in [0, 0.1) is 0 Å². The van der Waals surface area contributed by atoms with Gasteiger partial charge in [-0.25, -0.2) is 9.59 Å². The Bertz CT molecular complexity index is 791. The number of benzene rings is 2. The summed E-state index contributed by atoms with van der Waals surface area (Å²) in [6.07, 6.45) is 7.61. The standard InChI is InChI=1S/C24H28O5/c1-3-5-6-7-18-28-21-13-15-22(16-14-21)29-23(25)17-10-19-8-11-20(12-9-19)24(26)27-4-2/h8-17H,3-7,18H2,1-2H3. The van der Waals surface area contributed by atoms with Gasteiger partial charge in [0.2, 0.25) is 0 Å². The molecule has 0 saturated heterocycles. The zero-order valence-electron chi connectivity index (χ0n) is 17.1. The Labute approximate surface area is 172 Å². The molecule has 154 valence electrons. The Morgan fingerprint density at radius 2 is 1.55 bits per heavy atom. The van der Waals surface area contributed by atoms with Crippen LogP contribution in [0.2, 0.25) is 0 Å². The molecule has 29 heavy (non-hydrogen) atoms. The van der Waals surface area contributed by atoms with E-state index in [-0.39, 0.29) is 5.97 Å². The first-order valence-corrected chi connectivity index (χ1v) is 10.0. The van der Waals surface area contributed by atoms with Crippen molar-refractivity contribution >= 4 is 18.0 Å². The van der Waals surface area contributed by atoms with Crippen LogP contribution in [0.3, 0.4) is 0 Å². The Morgan fingerprint density at radius 3 is 2.21 bits per heavy atom. The van der Waals surface area contributed by atoms with Crippen molar-refractivity contribution in [3.63, 3.8) is 0 Å². The SMILES string of the molecule is CCCCCCOc1ccc(OC(=O)C=Cc2ccc(C(=O)OCC)cc2)cc1. The molecule has 5 heteroatoms. The maximum absolute atomic E-state index is 12.0. The lowest BCUT2D eigenvalue weighted by Crippen LogP contribution is -2.04. The predicted molar refractivity (Wildman–Crippen MR) is 113 cm³/mol. The number of carbonyl (C=O) groups is 2. The van der Waals surface area contributed by atoms with E-state index in [1.54, 1.807) is 61.5 Å². The van der Waals surface area contributed by atoms with Crippen molar-refractivity contribution in [2.24, 2.45) is 0 Å². The van der Waals surface area contributed by atoms with Crippen LogP contribution in [0.1, 0.15) is 55.5 Å². The summed E-state index contributed by atoms with van der Waals surface area (Å²) in [6.45, 7) is 4.96. The Hall–Kier alpha value is -3.08. The molecule has 2 rings (SSSR count). The van der Waals surface area contributed by atoms with Gasteiger partial charge >= 0.3 is 11.9 Å². The number of unbranched alkanes of at least 4 members (excludes halogenated alkanes) is 3. The molecule has 0 atom stereocenters. The summed E-state index contributed by atoms with van der Waals surface area (Å²) in [5, 5.41) is 0. The lowest BCUT2D eigenvalue weighted by Gasteiger charge is -2.07. The fraction of sp³-hybridized carbons (Fsp3) is 0.333. The predicted octanol–water partition coefficient (Wildman–Crippen LogP) is 5.44.